The first kappa shape index (κ1) is 18.8. The molecule has 1 atom stereocenters. The van der Waals surface area contributed by atoms with Crippen molar-refractivity contribution >= 4 is 16.7 Å². The topological polar surface area (TPSA) is 49.3 Å². The van der Waals surface area contributed by atoms with Gasteiger partial charge in [0.25, 0.3) is 0 Å². The summed E-state index contributed by atoms with van der Waals surface area (Å²) < 4.78 is 0. The Kier molecular flexibility index (Phi) is 6.38. The van der Waals surface area contributed by atoms with Crippen LogP contribution in [0.2, 0.25) is 0 Å². The molecule has 2 N–H and O–H groups in total. The lowest BCUT2D eigenvalue weighted by molar-refractivity contribution is -0.146. The molecule has 0 saturated heterocycles. The summed E-state index contributed by atoms with van der Waals surface area (Å²) in [7, 11) is 0. The minimum atomic E-state index is -0.823. The summed E-state index contributed by atoms with van der Waals surface area (Å²) in [6.07, 6.45) is 4.08. The van der Waals surface area contributed by atoms with Gasteiger partial charge in [0.15, 0.2) is 0 Å². The molecule has 25 heavy (non-hydrogen) atoms. The van der Waals surface area contributed by atoms with Crippen molar-refractivity contribution in [2.75, 3.05) is 6.54 Å². The van der Waals surface area contributed by atoms with Gasteiger partial charge in [-0.05, 0) is 43.2 Å². The molecule has 0 fully saturated rings. The van der Waals surface area contributed by atoms with Crippen molar-refractivity contribution in [1.82, 2.24) is 5.32 Å². The molecule has 0 aliphatic rings. The number of fused-ring (bicyclic) bond motifs is 1. The third-order valence-corrected chi connectivity index (χ3v) is 4.24. The van der Waals surface area contributed by atoms with Gasteiger partial charge in [0.2, 0.25) is 0 Å². The van der Waals surface area contributed by atoms with E-state index in [9.17, 15) is 4.79 Å². The molecule has 2 rings (SSSR count). The van der Waals surface area contributed by atoms with Crippen molar-refractivity contribution in [1.29, 1.82) is 0 Å². The van der Waals surface area contributed by atoms with Crippen LogP contribution in [0.15, 0.2) is 54.6 Å². The normalized spacial score (nSPS) is 12.8. The molecule has 0 aromatic heterocycles. The van der Waals surface area contributed by atoms with Crippen molar-refractivity contribution < 1.29 is 9.90 Å². The van der Waals surface area contributed by atoms with E-state index in [1.165, 1.54) is 16.3 Å². The fourth-order valence-corrected chi connectivity index (χ4v) is 2.51. The van der Waals surface area contributed by atoms with E-state index in [0.717, 1.165) is 0 Å². The summed E-state index contributed by atoms with van der Waals surface area (Å²) in [5.74, 6) is 4.99. The summed E-state index contributed by atoms with van der Waals surface area (Å²) in [4.78, 5) is 11.0. The van der Waals surface area contributed by atoms with Crippen molar-refractivity contribution in [3.05, 3.63) is 60.2 Å². The molecule has 130 valence electrons. The predicted octanol–water partition coefficient (Wildman–Crippen LogP) is 4.55. The van der Waals surface area contributed by atoms with Gasteiger partial charge in [-0.1, -0.05) is 60.4 Å². The zero-order valence-corrected chi connectivity index (χ0v) is 15.0. The van der Waals surface area contributed by atoms with Crippen molar-refractivity contribution in [2.45, 2.75) is 33.2 Å². The lowest BCUT2D eigenvalue weighted by Gasteiger charge is -2.15. The van der Waals surface area contributed by atoms with Crippen LogP contribution < -0.4 is 5.32 Å². The number of aliphatic carboxylic acids is 1. The van der Waals surface area contributed by atoms with Crippen LogP contribution in [0.3, 0.4) is 0 Å². The molecule has 0 radical (unpaired) electrons. The van der Waals surface area contributed by atoms with Crippen molar-refractivity contribution in [3.8, 4) is 11.8 Å². The van der Waals surface area contributed by atoms with Crippen LogP contribution in [-0.2, 0) is 4.79 Å². The lowest BCUT2D eigenvalue weighted by Crippen LogP contribution is -2.22. The van der Waals surface area contributed by atoms with Crippen LogP contribution in [0.25, 0.3) is 10.8 Å². The molecule has 3 nitrogen and oxygen atoms in total. The molecule has 2 aromatic carbocycles. The van der Waals surface area contributed by atoms with Gasteiger partial charge in [0.1, 0.15) is 0 Å². The van der Waals surface area contributed by atoms with E-state index in [0.29, 0.717) is 13.0 Å². The SMILES string of the molecule is C[C@@H](NCC=CC#CCC(C)(C)C(=O)O)c1cccc2ccccc12. The Labute approximate surface area is 149 Å². The Hall–Kier alpha value is -2.57. The van der Waals surface area contributed by atoms with Crippen LogP contribution in [0.5, 0.6) is 0 Å². The van der Waals surface area contributed by atoms with E-state index in [-0.39, 0.29) is 6.04 Å². The fraction of sp³-hybridized carbons (Fsp3) is 0.318. The van der Waals surface area contributed by atoms with Gasteiger partial charge in [-0.15, -0.1) is 0 Å². The maximum atomic E-state index is 11.0. The number of carboxylic acid groups (broad SMARTS) is 1. The summed E-state index contributed by atoms with van der Waals surface area (Å²) in [5, 5.41) is 15.0. The van der Waals surface area contributed by atoms with E-state index < -0.39 is 11.4 Å². The Morgan fingerprint density at radius 1 is 1.24 bits per heavy atom. The molecule has 0 heterocycles. The number of hydrogen-bond donors (Lipinski definition) is 2. The standard InChI is InChI=1S/C22H25NO2/c1-17(19-14-10-12-18-11-6-7-13-20(18)19)23-16-9-5-4-8-15-22(2,3)21(24)25/h5-7,9-14,17,23H,15-16H2,1-3H3,(H,24,25)/t17-/m1/s1. The average molecular weight is 335 g/mol. The number of allylic oxidation sites excluding steroid dienone is 1. The molecule has 0 amide bonds. The summed E-state index contributed by atoms with van der Waals surface area (Å²) in [6, 6.07) is 15.0. The number of carboxylic acids is 1. The van der Waals surface area contributed by atoms with E-state index >= 15 is 0 Å². The minimum Gasteiger partial charge on any atom is -0.481 e. The zero-order chi connectivity index (χ0) is 18.3. The number of rotatable bonds is 6. The fourth-order valence-electron chi connectivity index (χ4n) is 2.51. The average Bonchev–Trinajstić information content (AvgIpc) is 2.60. The second-order valence-corrected chi connectivity index (χ2v) is 6.79. The second-order valence-electron chi connectivity index (χ2n) is 6.79. The Bertz CT molecular complexity index is 819. The lowest BCUT2D eigenvalue weighted by atomic mass is 9.90. The zero-order valence-electron chi connectivity index (χ0n) is 15.0. The van der Waals surface area contributed by atoms with Gasteiger partial charge in [0.05, 0.1) is 5.41 Å². The molecular formula is C22H25NO2. The number of carbonyl (C=O) groups is 1. The largest absolute Gasteiger partial charge is 0.481 e. The highest BCUT2D eigenvalue weighted by molar-refractivity contribution is 5.86. The molecule has 0 aliphatic heterocycles. The highest BCUT2D eigenvalue weighted by Crippen LogP contribution is 2.23. The first-order valence-corrected chi connectivity index (χ1v) is 8.49. The Morgan fingerprint density at radius 3 is 2.72 bits per heavy atom. The maximum absolute atomic E-state index is 11.0. The molecule has 0 bridgehead atoms. The van der Waals surface area contributed by atoms with Gasteiger partial charge >= 0.3 is 5.97 Å². The van der Waals surface area contributed by atoms with Crippen LogP contribution in [-0.4, -0.2) is 17.6 Å². The molecule has 0 saturated carbocycles. The van der Waals surface area contributed by atoms with Crippen LogP contribution >= 0.6 is 0 Å². The second kappa shape index (κ2) is 8.50. The van der Waals surface area contributed by atoms with Gasteiger partial charge in [-0.2, -0.15) is 0 Å². The van der Waals surface area contributed by atoms with E-state index in [2.05, 4.69) is 66.5 Å². The monoisotopic (exact) mass is 335 g/mol. The summed E-state index contributed by atoms with van der Waals surface area (Å²) in [5.41, 5.74) is 0.475. The smallest absolute Gasteiger partial charge is 0.310 e. The molecule has 0 aliphatic carbocycles. The first-order chi connectivity index (χ1) is 11.9. The molecule has 2 aromatic rings. The highest BCUT2D eigenvalue weighted by atomic mass is 16.4. The maximum Gasteiger partial charge on any atom is 0.310 e. The quantitative estimate of drug-likeness (QED) is 0.761. The number of benzene rings is 2. The number of hydrogen-bond acceptors (Lipinski definition) is 2. The van der Waals surface area contributed by atoms with Crippen LogP contribution in [0.4, 0.5) is 0 Å². The minimum absolute atomic E-state index is 0.231. The summed E-state index contributed by atoms with van der Waals surface area (Å²) in [6.45, 7) is 6.22. The third kappa shape index (κ3) is 5.20. The molecule has 3 heteroatoms. The third-order valence-electron chi connectivity index (χ3n) is 4.24. The van der Waals surface area contributed by atoms with Gasteiger partial charge in [-0.3, -0.25) is 4.79 Å². The van der Waals surface area contributed by atoms with Crippen molar-refractivity contribution in [2.24, 2.45) is 5.41 Å². The molecule has 0 spiro atoms. The highest BCUT2D eigenvalue weighted by Gasteiger charge is 2.25. The Balaban J connectivity index is 1.88. The van der Waals surface area contributed by atoms with Gasteiger partial charge < -0.3 is 10.4 Å². The van der Waals surface area contributed by atoms with E-state index in [4.69, 9.17) is 5.11 Å². The van der Waals surface area contributed by atoms with Crippen molar-refractivity contribution in [3.63, 3.8) is 0 Å². The van der Waals surface area contributed by atoms with Gasteiger partial charge in [-0.25, -0.2) is 0 Å². The molecule has 0 unspecified atom stereocenters. The van der Waals surface area contributed by atoms with E-state index in [1.54, 1.807) is 19.9 Å². The first-order valence-electron chi connectivity index (χ1n) is 8.49. The van der Waals surface area contributed by atoms with Crippen LogP contribution in [0.1, 0.15) is 38.8 Å². The van der Waals surface area contributed by atoms with Gasteiger partial charge in [0, 0.05) is 19.0 Å². The van der Waals surface area contributed by atoms with Crippen LogP contribution in [0, 0.1) is 17.3 Å². The Morgan fingerprint density at radius 2 is 1.96 bits per heavy atom. The molecular weight excluding hydrogens is 310 g/mol. The summed E-state index contributed by atoms with van der Waals surface area (Å²) >= 11 is 0. The predicted molar refractivity (Wildman–Crippen MR) is 103 cm³/mol. The van der Waals surface area contributed by atoms with E-state index in [1.807, 2.05) is 6.08 Å². The number of nitrogens with one attached hydrogen (secondary N) is 1.